The number of benzene rings is 1. The Morgan fingerprint density at radius 2 is 2.26 bits per heavy atom. The van der Waals surface area contributed by atoms with E-state index >= 15 is 0 Å². The van der Waals surface area contributed by atoms with Crippen LogP contribution >= 0.6 is 0 Å². The van der Waals surface area contributed by atoms with Crippen LogP contribution in [0.15, 0.2) is 34.9 Å². The number of carboxylic acids is 1. The number of carboxylic acid groups (broad SMARTS) is 1. The van der Waals surface area contributed by atoms with Crippen molar-refractivity contribution in [3.63, 3.8) is 0 Å². The number of hydrogen-bond donors (Lipinski definition) is 2. The van der Waals surface area contributed by atoms with Gasteiger partial charge in [-0.15, -0.1) is 0 Å². The van der Waals surface area contributed by atoms with Gasteiger partial charge in [-0.05, 0) is 18.2 Å². The third kappa shape index (κ3) is 2.55. The first-order valence-electron chi connectivity index (χ1n) is 5.35. The van der Waals surface area contributed by atoms with Crippen molar-refractivity contribution < 1.29 is 18.7 Å². The highest BCUT2D eigenvalue weighted by Gasteiger charge is 2.14. The normalized spacial score (nSPS) is 9.89. The second-order valence-electron chi connectivity index (χ2n) is 3.71. The van der Waals surface area contributed by atoms with E-state index in [-0.39, 0.29) is 17.9 Å². The summed E-state index contributed by atoms with van der Waals surface area (Å²) in [5, 5.41) is 20.5. The zero-order chi connectivity index (χ0) is 13.8. The first-order valence-corrected chi connectivity index (χ1v) is 5.35. The summed E-state index contributed by atoms with van der Waals surface area (Å²) in [6, 6.07) is 7.45. The molecule has 0 spiro atoms. The number of rotatable bonds is 4. The molecule has 0 fully saturated rings. The molecule has 96 valence electrons. The Morgan fingerprint density at radius 3 is 2.95 bits per heavy atom. The summed E-state index contributed by atoms with van der Waals surface area (Å²) in [6.45, 7) is 0.121. The number of halogens is 1. The van der Waals surface area contributed by atoms with Crippen molar-refractivity contribution in [2.45, 2.75) is 6.54 Å². The number of nitriles is 1. The molecule has 1 aromatic carbocycles. The molecular weight excluding hydrogens is 251 g/mol. The summed E-state index contributed by atoms with van der Waals surface area (Å²) >= 11 is 0. The van der Waals surface area contributed by atoms with Gasteiger partial charge in [0.25, 0.3) is 0 Å². The molecule has 2 rings (SSSR count). The van der Waals surface area contributed by atoms with Crippen LogP contribution in [0.3, 0.4) is 0 Å². The van der Waals surface area contributed by atoms with E-state index in [1.807, 2.05) is 0 Å². The summed E-state index contributed by atoms with van der Waals surface area (Å²) in [4.78, 5) is 10.8. The fraction of sp³-hybridized carbons (Fsp3) is 0.0769. The molecule has 1 heterocycles. The molecule has 0 saturated heterocycles. The van der Waals surface area contributed by atoms with Crippen molar-refractivity contribution in [2.24, 2.45) is 0 Å². The van der Waals surface area contributed by atoms with E-state index in [4.69, 9.17) is 14.8 Å². The van der Waals surface area contributed by atoms with Gasteiger partial charge < -0.3 is 14.8 Å². The van der Waals surface area contributed by atoms with Crippen molar-refractivity contribution in [2.75, 3.05) is 5.32 Å². The van der Waals surface area contributed by atoms with Gasteiger partial charge in [0.05, 0.1) is 12.0 Å². The molecule has 0 atom stereocenters. The minimum Gasteiger partial charge on any atom is -0.475 e. The zero-order valence-corrected chi connectivity index (χ0v) is 9.68. The lowest BCUT2D eigenvalue weighted by Gasteiger charge is -2.07. The highest BCUT2D eigenvalue weighted by molar-refractivity contribution is 5.86. The average Bonchev–Trinajstić information content (AvgIpc) is 2.84. The largest absolute Gasteiger partial charge is 0.475 e. The van der Waals surface area contributed by atoms with Crippen molar-refractivity contribution in [1.82, 2.24) is 0 Å². The van der Waals surface area contributed by atoms with Crippen LogP contribution < -0.4 is 5.32 Å². The van der Waals surface area contributed by atoms with Gasteiger partial charge in [-0.1, -0.05) is 6.07 Å². The van der Waals surface area contributed by atoms with Gasteiger partial charge in [0.1, 0.15) is 17.4 Å². The van der Waals surface area contributed by atoms with Crippen molar-refractivity contribution in [3.8, 4) is 6.07 Å². The van der Waals surface area contributed by atoms with Gasteiger partial charge in [0.15, 0.2) is 0 Å². The van der Waals surface area contributed by atoms with Crippen LogP contribution in [0.2, 0.25) is 0 Å². The van der Waals surface area contributed by atoms with E-state index in [1.54, 1.807) is 12.1 Å². The maximum absolute atomic E-state index is 13.3. The van der Waals surface area contributed by atoms with E-state index in [0.29, 0.717) is 11.3 Å². The third-order valence-electron chi connectivity index (χ3n) is 2.54. The number of nitrogens with one attached hydrogen (secondary N) is 1. The minimum absolute atomic E-state index is 0.108. The van der Waals surface area contributed by atoms with Gasteiger partial charge in [-0.2, -0.15) is 5.26 Å². The zero-order valence-electron chi connectivity index (χ0n) is 9.68. The molecule has 0 unspecified atom stereocenters. The molecule has 6 heteroatoms. The number of nitrogens with zero attached hydrogens (tertiary/aromatic N) is 1. The minimum atomic E-state index is -1.18. The first-order chi connectivity index (χ1) is 9.13. The van der Waals surface area contributed by atoms with Gasteiger partial charge in [-0.3, -0.25) is 0 Å². The fourth-order valence-electron chi connectivity index (χ4n) is 1.64. The van der Waals surface area contributed by atoms with E-state index in [2.05, 4.69) is 5.32 Å². The summed E-state index contributed by atoms with van der Waals surface area (Å²) in [5.74, 6) is -1.98. The predicted molar refractivity (Wildman–Crippen MR) is 64.1 cm³/mol. The summed E-state index contributed by atoms with van der Waals surface area (Å²) in [5.41, 5.74) is 0.614. The Balaban J connectivity index is 2.20. The topological polar surface area (TPSA) is 86.3 Å². The van der Waals surface area contributed by atoms with Crippen LogP contribution in [0.4, 0.5) is 10.1 Å². The monoisotopic (exact) mass is 260 g/mol. The van der Waals surface area contributed by atoms with Crippen molar-refractivity contribution in [1.29, 1.82) is 5.26 Å². The average molecular weight is 260 g/mol. The Kier molecular flexibility index (Phi) is 3.48. The van der Waals surface area contributed by atoms with Crippen LogP contribution in [0.5, 0.6) is 0 Å². The smallest absolute Gasteiger partial charge is 0.372 e. The first kappa shape index (κ1) is 12.6. The lowest BCUT2D eigenvalue weighted by molar-refractivity contribution is 0.0661. The molecule has 2 N–H and O–H groups in total. The van der Waals surface area contributed by atoms with Gasteiger partial charge in [0.2, 0.25) is 5.76 Å². The molecule has 0 aliphatic heterocycles. The molecule has 1 aromatic heterocycles. The molecule has 0 radical (unpaired) electrons. The van der Waals surface area contributed by atoms with Crippen LogP contribution in [0.25, 0.3) is 0 Å². The second-order valence-corrected chi connectivity index (χ2v) is 3.71. The van der Waals surface area contributed by atoms with Crippen LogP contribution in [0.1, 0.15) is 21.7 Å². The van der Waals surface area contributed by atoms with E-state index in [1.165, 1.54) is 24.5 Å². The van der Waals surface area contributed by atoms with Gasteiger partial charge >= 0.3 is 5.97 Å². The predicted octanol–water partition coefficient (Wildman–Crippen LogP) is 2.60. The molecule has 0 saturated carbocycles. The maximum Gasteiger partial charge on any atom is 0.372 e. The summed E-state index contributed by atoms with van der Waals surface area (Å²) in [6.07, 6.45) is 1.26. The highest BCUT2D eigenvalue weighted by Crippen LogP contribution is 2.19. The number of hydrogen-bond acceptors (Lipinski definition) is 4. The standard InChI is InChI=1S/C13H9FN2O3/c14-10-2-1-3-11(9(10)6-15)16-7-8-4-5-19-12(8)13(17)18/h1-5,16H,7H2,(H,17,18). The number of furan rings is 1. The molecule has 5 nitrogen and oxygen atoms in total. The summed E-state index contributed by atoms with van der Waals surface area (Å²) in [7, 11) is 0. The second kappa shape index (κ2) is 5.23. The highest BCUT2D eigenvalue weighted by atomic mass is 19.1. The Labute approximate surface area is 107 Å². The number of aromatic carboxylic acids is 1. The molecule has 0 aliphatic carbocycles. The van der Waals surface area contributed by atoms with Crippen LogP contribution in [-0.2, 0) is 6.54 Å². The van der Waals surface area contributed by atoms with E-state index in [9.17, 15) is 9.18 Å². The van der Waals surface area contributed by atoms with Gasteiger partial charge in [-0.25, -0.2) is 9.18 Å². The molecule has 0 aliphatic rings. The quantitative estimate of drug-likeness (QED) is 0.882. The lowest BCUT2D eigenvalue weighted by Crippen LogP contribution is -2.06. The van der Waals surface area contributed by atoms with Crippen LogP contribution in [0, 0.1) is 17.1 Å². The fourth-order valence-corrected chi connectivity index (χ4v) is 1.64. The number of anilines is 1. The van der Waals surface area contributed by atoms with E-state index < -0.39 is 11.8 Å². The van der Waals surface area contributed by atoms with Crippen molar-refractivity contribution in [3.05, 3.63) is 53.2 Å². The Hall–Kier alpha value is -2.81. The van der Waals surface area contributed by atoms with Gasteiger partial charge in [0, 0.05) is 12.1 Å². The van der Waals surface area contributed by atoms with Crippen molar-refractivity contribution >= 4 is 11.7 Å². The SMILES string of the molecule is N#Cc1c(F)cccc1NCc1ccoc1C(=O)O. The molecular formula is C13H9FN2O3. The molecule has 19 heavy (non-hydrogen) atoms. The lowest BCUT2D eigenvalue weighted by atomic mass is 10.1. The molecule has 2 aromatic rings. The molecule has 0 bridgehead atoms. The summed E-state index contributed by atoms with van der Waals surface area (Å²) < 4.78 is 18.2. The third-order valence-corrected chi connectivity index (χ3v) is 2.54. The number of carbonyl (C=O) groups is 1. The van der Waals surface area contributed by atoms with Crippen LogP contribution in [-0.4, -0.2) is 11.1 Å². The maximum atomic E-state index is 13.3. The Morgan fingerprint density at radius 1 is 1.47 bits per heavy atom. The molecule has 0 amide bonds. The Bertz CT molecular complexity index is 658. The van der Waals surface area contributed by atoms with E-state index in [0.717, 1.165) is 0 Å².